The maximum absolute atomic E-state index is 13.8. The van der Waals surface area contributed by atoms with Crippen molar-refractivity contribution in [2.24, 2.45) is 16.9 Å². The van der Waals surface area contributed by atoms with Gasteiger partial charge in [0.25, 0.3) is 5.69 Å². The van der Waals surface area contributed by atoms with Gasteiger partial charge in [0, 0.05) is 17.7 Å². The van der Waals surface area contributed by atoms with Gasteiger partial charge in [-0.25, -0.2) is 9.29 Å². The van der Waals surface area contributed by atoms with Gasteiger partial charge in [-0.3, -0.25) is 29.5 Å². The summed E-state index contributed by atoms with van der Waals surface area (Å²) in [5.74, 6) is -4.18. The van der Waals surface area contributed by atoms with Crippen LogP contribution in [0.25, 0.3) is 0 Å². The van der Waals surface area contributed by atoms with Gasteiger partial charge in [0.1, 0.15) is 11.9 Å². The van der Waals surface area contributed by atoms with Gasteiger partial charge in [0.05, 0.1) is 34.7 Å². The maximum Gasteiger partial charge on any atom is 0.271 e. The van der Waals surface area contributed by atoms with Crippen LogP contribution in [0.3, 0.4) is 0 Å². The first-order valence-corrected chi connectivity index (χ1v) is 11.2. The van der Waals surface area contributed by atoms with Crippen LogP contribution in [-0.2, 0) is 9.59 Å². The molecule has 0 bridgehead atoms. The Balaban J connectivity index is 1.49. The fourth-order valence-corrected chi connectivity index (χ4v) is 5.45. The van der Waals surface area contributed by atoms with Gasteiger partial charge in [-0.15, -0.1) is 0 Å². The Kier molecular flexibility index (Phi) is 4.78. The lowest BCUT2D eigenvalue weighted by atomic mass is 9.83. The zero-order valence-electron chi connectivity index (χ0n) is 18.5. The van der Waals surface area contributed by atoms with Crippen LogP contribution in [0, 0.1) is 27.8 Å². The topological polar surface area (TPSA) is 113 Å². The zero-order chi connectivity index (χ0) is 25.1. The van der Waals surface area contributed by atoms with Crippen molar-refractivity contribution < 1.29 is 23.7 Å². The number of amides is 2. The van der Waals surface area contributed by atoms with Crippen LogP contribution < -0.4 is 4.90 Å². The molecule has 9 nitrogen and oxygen atoms in total. The number of benzene rings is 3. The second-order valence-corrected chi connectivity index (χ2v) is 8.85. The molecule has 3 aliphatic heterocycles. The van der Waals surface area contributed by atoms with Gasteiger partial charge in [0.15, 0.2) is 5.78 Å². The van der Waals surface area contributed by atoms with Crippen molar-refractivity contribution in [3.05, 3.63) is 105 Å². The summed E-state index contributed by atoms with van der Waals surface area (Å²) in [7, 11) is 0. The number of hydrogen-bond acceptors (Lipinski definition) is 7. The number of halogens is 1. The molecule has 3 aliphatic rings. The molecule has 6 rings (SSSR count). The van der Waals surface area contributed by atoms with E-state index >= 15 is 0 Å². The monoisotopic (exact) mass is 484 g/mol. The third-order valence-corrected chi connectivity index (χ3v) is 6.99. The average Bonchev–Trinajstić information content (AvgIpc) is 3.36. The Morgan fingerprint density at radius 2 is 1.67 bits per heavy atom. The molecule has 0 N–H and O–H groups in total. The first-order valence-electron chi connectivity index (χ1n) is 11.2. The first kappa shape index (κ1) is 21.8. The van der Waals surface area contributed by atoms with Crippen LogP contribution in [0.15, 0.2) is 77.9 Å². The summed E-state index contributed by atoms with van der Waals surface area (Å²) in [6.07, 6.45) is 1.59. The minimum absolute atomic E-state index is 0.0701. The van der Waals surface area contributed by atoms with Crippen molar-refractivity contribution in [1.82, 2.24) is 5.01 Å². The molecule has 3 aromatic rings. The van der Waals surface area contributed by atoms with Crippen LogP contribution in [0.2, 0.25) is 0 Å². The van der Waals surface area contributed by atoms with Gasteiger partial charge < -0.3 is 0 Å². The number of carbonyl (C=O) groups excluding carboxylic acids is 3. The van der Waals surface area contributed by atoms with Gasteiger partial charge in [0.2, 0.25) is 11.8 Å². The highest BCUT2D eigenvalue weighted by molar-refractivity contribution is 6.24. The van der Waals surface area contributed by atoms with Crippen molar-refractivity contribution in [3.8, 4) is 0 Å². The molecule has 0 radical (unpaired) electrons. The Hall–Kier alpha value is -4.73. The van der Waals surface area contributed by atoms with E-state index < -0.39 is 52.3 Å². The summed E-state index contributed by atoms with van der Waals surface area (Å²) < 4.78 is 13.5. The molecule has 0 spiro atoms. The second-order valence-electron chi connectivity index (χ2n) is 8.85. The van der Waals surface area contributed by atoms with Gasteiger partial charge in [-0.1, -0.05) is 30.3 Å². The summed E-state index contributed by atoms with van der Waals surface area (Å²) in [5.41, 5.74) is 1.50. The number of hydrogen-bond donors (Lipinski definition) is 0. The molecule has 2 fully saturated rings. The number of ketones is 1. The van der Waals surface area contributed by atoms with Crippen molar-refractivity contribution >= 4 is 35.2 Å². The SMILES string of the molecule is O=C(c1ccc(F)cc1)[C@H]1[C@H]2C(=O)N(c3cccc([N+](=O)[O-])c3)C(=O)[C@@H]2[C@@H]2c3ccccc3C=NN12. The lowest BCUT2D eigenvalue weighted by molar-refractivity contribution is -0.384. The predicted octanol–water partition coefficient (Wildman–Crippen LogP) is 3.50. The standard InChI is InChI=1S/C26H17FN4O5/c27-16-10-8-14(9-11-16)24(32)23-21-20(22-19-7-2-1-4-15(19)13-28-30(22)23)25(33)29(26(21)34)17-5-3-6-18(12-17)31(35)36/h1-13,20-23H/t20-,21-,22-,23+/m0/s1. The van der Waals surface area contributed by atoms with E-state index in [1.165, 1.54) is 41.4 Å². The summed E-state index contributed by atoms with van der Waals surface area (Å²) in [6.45, 7) is 0. The Morgan fingerprint density at radius 3 is 2.42 bits per heavy atom. The molecule has 2 saturated heterocycles. The number of anilines is 1. The number of Topliss-reactive ketones (excluding diaryl/α,β-unsaturated/α-hetero) is 1. The highest BCUT2D eigenvalue weighted by Crippen LogP contribution is 2.53. The van der Waals surface area contributed by atoms with Gasteiger partial charge >= 0.3 is 0 Å². The Bertz CT molecular complexity index is 1490. The van der Waals surface area contributed by atoms with Crippen molar-refractivity contribution in [1.29, 1.82) is 0 Å². The molecule has 4 atom stereocenters. The molecule has 36 heavy (non-hydrogen) atoms. The second kappa shape index (κ2) is 7.91. The van der Waals surface area contributed by atoms with Crippen molar-refractivity contribution in [2.75, 3.05) is 4.90 Å². The molecule has 178 valence electrons. The lowest BCUT2D eigenvalue weighted by Crippen LogP contribution is -2.44. The Morgan fingerprint density at radius 1 is 0.944 bits per heavy atom. The molecule has 2 amide bonds. The maximum atomic E-state index is 13.8. The number of nitro benzene ring substituents is 1. The summed E-state index contributed by atoms with van der Waals surface area (Å²) in [4.78, 5) is 52.9. The predicted molar refractivity (Wildman–Crippen MR) is 126 cm³/mol. The molecule has 10 heteroatoms. The summed E-state index contributed by atoms with van der Waals surface area (Å²) in [5, 5.41) is 17.3. The fraction of sp³-hybridized carbons (Fsp3) is 0.154. The van der Waals surface area contributed by atoms with Crippen LogP contribution >= 0.6 is 0 Å². The smallest absolute Gasteiger partial charge is 0.271 e. The number of imide groups is 1. The first-order chi connectivity index (χ1) is 17.4. The zero-order valence-corrected chi connectivity index (χ0v) is 18.5. The molecule has 0 aliphatic carbocycles. The number of hydrazone groups is 1. The number of nitrogens with zero attached hydrogens (tertiary/aromatic N) is 4. The number of rotatable bonds is 4. The fourth-order valence-electron chi connectivity index (χ4n) is 5.45. The highest BCUT2D eigenvalue weighted by Gasteiger charge is 2.65. The molecule has 3 aromatic carbocycles. The van der Waals surface area contributed by atoms with Crippen LogP contribution in [-0.4, -0.2) is 39.8 Å². The third kappa shape index (κ3) is 3.07. The van der Waals surface area contributed by atoms with Crippen LogP contribution in [0.4, 0.5) is 15.8 Å². The number of nitro groups is 1. The van der Waals surface area contributed by atoms with Crippen LogP contribution in [0.5, 0.6) is 0 Å². The Labute approximate surface area is 203 Å². The lowest BCUT2D eigenvalue weighted by Gasteiger charge is -2.33. The molecular formula is C26H17FN4O5. The quantitative estimate of drug-likeness (QED) is 0.242. The number of fused-ring (bicyclic) bond motifs is 5. The van der Waals surface area contributed by atoms with E-state index in [0.29, 0.717) is 0 Å². The van der Waals surface area contributed by atoms with Gasteiger partial charge in [-0.2, -0.15) is 5.10 Å². The van der Waals surface area contributed by atoms with Crippen molar-refractivity contribution in [2.45, 2.75) is 12.1 Å². The van der Waals surface area contributed by atoms with E-state index in [-0.39, 0.29) is 16.9 Å². The van der Waals surface area contributed by atoms with E-state index in [4.69, 9.17) is 0 Å². The minimum Gasteiger partial charge on any atom is -0.292 e. The number of carbonyl (C=O) groups is 3. The molecule has 0 saturated carbocycles. The van der Waals surface area contributed by atoms with Gasteiger partial charge in [-0.05, 0) is 41.5 Å². The third-order valence-electron chi connectivity index (χ3n) is 6.99. The number of non-ortho nitro benzene ring substituents is 1. The van der Waals surface area contributed by atoms with E-state index in [1.807, 2.05) is 18.2 Å². The minimum atomic E-state index is -1.12. The molecular weight excluding hydrogens is 467 g/mol. The van der Waals surface area contributed by atoms with E-state index in [0.717, 1.165) is 28.2 Å². The largest absolute Gasteiger partial charge is 0.292 e. The average molecular weight is 484 g/mol. The van der Waals surface area contributed by atoms with E-state index in [2.05, 4.69) is 5.10 Å². The highest BCUT2D eigenvalue weighted by atomic mass is 19.1. The summed E-state index contributed by atoms with van der Waals surface area (Å²) >= 11 is 0. The molecule has 0 aromatic heterocycles. The van der Waals surface area contributed by atoms with Crippen LogP contribution in [0.1, 0.15) is 27.5 Å². The molecule has 3 heterocycles. The summed E-state index contributed by atoms with van der Waals surface area (Å²) in [6, 6.07) is 15.7. The van der Waals surface area contributed by atoms with E-state index in [9.17, 15) is 28.9 Å². The molecule has 0 unspecified atom stereocenters. The van der Waals surface area contributed by atoms with Crippen molar-refractivity contribution in [3.63, 3.8) is 0 Å². The normalized spacial score (nSPS) is 23.9. The van der Waals surface area contributed by atoms with E-state index in [1.54, 1.807) is 12.3 Å².